The van der Waals surface area contributed by atoms with Gasteiger partial charge in [-0.05, 0) is 62.9 Å². The first-order valence-corrected chi connectivity index (χ1v) is 14.0. The van der Waals surface area contributed by atoms with Gasteiger partial charge in [-0.25, -0.2) is 4.79 Å². The van der Waals surface area contributed by atoms with E-state index < -0.39 is 6.10 Å². The molecule has 3 heterocycles. The minimum absolute atomic E-state index is 0.0236. The van der Waals surface area contributed by atoms with Crippen molar-refractivity contribution in [2.45, 2.75) is 83.3 Å². The van der Waals surface area contributed by atoms with Crippen molar-refractivity contribution in [2.24, 2.45) is 0 Å². The van der Waals surface area contributed by atoms with Crippen LogP contribution in [0.3, 0.4) is 0 Å². The normalized spacial score (nSPS) is 19.2. The summed E-state index contributed by atoms with van der Waals surface area (Å²) in [6.07, 6.45) is 9.36. The Hall–Kier alpha value is -2.48. The van der Waals surface area contributed by atoms with Crippen molar-refractivity contribution in [3.8, 4) is 11.5 Å². The summed E-state index contributed by atoms with van der Waals surface area (Å²) < 4.78 is 17.7. The van der Waals surface area contributed by atoms with Gasteiger partial charge in [0.1, 0.15) is 13.2 Å². The van der Waals surface area contributed by atoms with Crippen LogP contribution in [0.1, 0.15) is 82.8 Å². The highest BCUT2D eigenvalue weighted by Crippen LogP contribution is 2.35. The summed E-state index contributed by atoms with van der Waals surface area (Å²) in [5.74, 6) is 1.38. The summed E-state index contributed by atoms with van der Waals surface area (Å²) in [4.78, 5) is 30.3. The Morgan fingerprint density at radius 3 is 2.39 bits per heavy atom. The lowest BCUT2D eigenvalue weighted by Gasteiger charge is -2.33. The Morgan fingerprint density at radius 2 is 1.64 bits per heavy atom. The standard InChI is InChI=1S/C28H43N3O5/c1-2-3-4-5-6-11-26(32)29-23(21-30-14-7-8-15-30)27(36-28(33)31-16-9-10-17-31)22-12-13-24-25(20-22)35-19-18-34-24/h12-13,20,23,27H,2-11,14-19,21H2,1H3,(H,29,32)/t23-,27-/m1/s1. The smallest absolute Gasteiger partial charge is 0.410 e. The second-order valence-electron chi connectivity index (χ2n) is 10.2. The van der Waals surface area contributed by atoms with Gasteiger partial charge in [0, 0.05) is 26.1 Å². The van der Waals surface area contributed by atoms with Crippen LogP contribution in [0, 0.1) is 0 Å². The number of hydrogen-bond donors (Lipinski definition) is 1. The number of unbranched alkanes of at least 4 members (excludes halogenated alkanes) is 4. The Morgan fingerprint density at radius 1 is 0.944 bits per heavy atom. The lowest BCUT2D eigenvalue weighted by Crippen LogP contribution is -2.48. The molecule has 0 spiro atoms. The molecule has 0 bridgehead atoms. The molecule has 0 aromatic heterocycles. The van der Waals surface area contributed by atoms with Crippen LogP contribution in [0.15, 0.2) is 18.2 Å². The number of amides is 2. The number of carbonyl (C=O) groups excluding carboxylic acids is 2. The van der Waals surface area contributed by atoms with Gasteiger partial charge in [-0.2, -0.15) is 0 Å². The van der Waals surface area contributed by atoms with Gasteiger partial charge in [-0.1, -0.05) is 38.7 Å². The summed E-state index contributed by atoms with van der Waals surface area (Å²) in [5, 5.41) is 3.26. The van der Waals surface area contributed by atoms with Gasteiger partial charge in [0.15, 0.2) is 17.6 Å². The van der Waals surface area contributed by atoms with Crippen molar-refractivity contribution < 1.29 is 23.8 Å². The summed E-state index contributed by atoms with van der Waals surface area (Å²) in [6, 6.07) is 5.37. The molecule has 36 heavy (non-hydrogen) atoms. The van der Waals surface area contributed by atoms with Gasteiger partial charge >= 0.3 is 6.09 Å². The molecule has 0 radical (unpaired) electrons. The van der Waals surface area contributed by atoms with E-state index in [1.165, 1.54) is 12.8 Å². The maximum absolute atomic E-state index is 13.1. The molecule has 4 rings (SSSR count). The van der Waals surface area contributed by atoms with Crippen molar-refractivity contribution in [1.82, 2.24) is 15.1 Å². The Labute approximate surface area is 215 Å². The third-order valence-electron chi connectivity index (χ3n) is 7.36. The van der Waals surface area contributed by atoms with Gasteiger partial charge in [0.25, 0.3) is 0 Å². The number of carbonyl (C=O) groups is 2. The van der Waals surface area contributed by atoms with E-state index in [9.17, 15) is 9.59 Å². The maximum Gasteiger partial charge on any atom is 0.410 e. The zero-order valence-electron chi connectivity index (χ0n) is 21.8. The molecule has 0 aliphatic carbocycles. The van der Waals surface area contributed by atoms with E-state index in [4.69, 9.17) is 14.2 Å². The van der Waals surface area contributed by atoms with Crippen molar-refractivity contribution in [3.05, 3.63) is 23.8 Å². The van der Waals surface area contributed by atoms with Gasteiger partial charge in [0.2, 0.25) is 5.91 Å². The van der Waals surface area contributed by atoms with Crippen molar-refractivity contribution in [1.29, 1.82) is 0 Å². The van der Waals surface area contributed by atoms with E-state index in [0.29, 0.717) is 50.8 Å². The molecule has 1 aromatic carbocycles. The molecule has 200 valence electrons. The van der Waals surface area contributed by atoms with Crippen LogP contribution in [0.4, 0.5) is 4.79 Å². The number of nitrogens with zero attached hydrogens (tertiary/aromatic N) is 2. The molecule has 3 aliphatic heterocycles. The molecule has 2 atom stereocenters. The van der Waals surface area contributed by atoms with E-state index in [-0.39, 0.29) is 18.0 Å². The second-order valence-corrected chi connectivity index (χ2v) is 10.2. The molecule has 8 nitrogen and oxygen atoms in total. The Balaban J connectivity index is 1.53. The molecule has 1 N–H and O–H groups in total. The molecule has 0 unspecified atom stereocenters. The highest BCUT2D eigenvalue weighted by Gasteiger charge is 2.34. The number of likely N-dealkylation sites (tertiary alicyclic amines) is 2. The fourth-order valence-corrected chi connectivity index (χ4v) is 5.33. The highest BCUT2D eigenvalue weighted by atomic mass is 16.6. The quantitative estimate of drug-likeness (QED) is 0.419. The average Bonchev–Trinajstić information content (AvgIpc) is 3.61. The lowest BCUT2D eigenvalue weighted by atomic mass is 10.00. The van der Waals surface area contributed by atoms with Crippen molar-refractivity contribution >= 4 is 12.0 Å². The number of ether oxygens (including phenoxy) is 3. The van der Waals surface area contributed by atoms with Gasteiger partial charge in [0.05, 0.1) is 6.04 Å². The zero-order valence-corrected chi connectivity index (χ0v) is 21.8. The first-order valence-electron chi connectivity index (χ1n) is 14.0. The molecule has 3 aliphatic rings. The number of nitrogens with one attached hydrogen (secondary N) is 1. The molecule has 2 amide bonds. The SMILES string of the molecule is CCCCCCCC(=O)N[C@H](CN1CCCC1)[C@H](OC(=O)N1CCCC1)c1ccc2c(c1)OCCO2. The van der Waals surface area contributed by atoms with Crippen LogP contribution in [-0.2, 0) is 9.53 Å². The van der Waals surface area contributed by atoms with Crippen molar-refractivity contribution in [2.75, 3.05) is 45.9 Å². The first-order chi connectivity index (χ1) is 17.6. The second kappa shape index (κ2) is 13.7. The topological polar surface area (TPSA) is 80.3 Å². The van der Waals surface area contributed by atoms with E-state index in [2.05, 4.69) is 17.1 Å². The lowest BCUT2D eigenvalue weighted by molar-refractivity contribution is -0.123. The average molecular weight is 502 g/mol. The maximum atomic E-state index is 13.1. The minimum Gasteiger partial charge on any atom is -0.486 e. The predicted molar refractivity (Wildman–Crippen MR) is 138 cm³/mol. The Kier molecular flexibility index (Phi) is 10.1. The van der Waals surface area contributed by atoms with Gasteiger partial charge in [-0.3, -0.25) is 4.79 Å². The van der Waals surface area contributed by atoms with Crippen LogP contribution in [0.5, 0.6) is 11.5 Å². The van der Waals surface area contributed by atoms with E-state index >= 15 is 0 Å². The van der Waals surface area contributed by atoms with Crippen molar-refractivity contribution in [3.63, 3.8) is 0 Å². The predicted octanol–water partition coefficient (Wildman–Crippen LogP) is 4.67. The molecule has 2 saturated heterocycles. The third-order valence-corrected chi connectivity index (χ3v) is 7.36. The van der Waals surface area contributed by atoms with Crippen LogP contribution in [0.25, 0.3) is 0 Å². The largest absolute Gasteiger partial charge is 0.486 e. The fraction of sp³-hybridized carbons (Fsp3) is 0.714. The fourth-order valence-electron chi connectivity index (χ4n) is 5.33. The number of hydrogen-bond acceptors (Lipinski definition) is 6. The molecule has 0 saturated carbocycles. The molecular weight excluding hydrogens is 458 g/mol. The zero-order chi connectivity index (χ0) is 25.2. The molecule has 2 fully saturated rings. The van der Waals surface area contributed by atoms with Crippen LogP contribution < -0.4 is 14.8 Å². The highest BCUT2D eigenvalue weighted by molar-refractivity contribution is 5.76. The van der Waals surface area contributed by atoms with E-state index in [1.807, 2.05) is 18.2 Å². The van der Waals surface area contributed by atoms with Crippen LogP contribution >= 0.6 is 0 Å². The number of fused-ring (bicyclic) bond motifs is 1. The Bertz CT molecular complexity index is 852. The summed E-state index contributed by atoms with van der Waals surface area (Å²) >= 11 is 0. The molecular formula is C28H43N3O5. The van der Waals surface area contributed by atoms with Gasteiger partial charge in [-0.15, -0.1) is 0 Å². The molecule has 1 aromatic rings. The minimum atomic E-state index is -0.612. The summed E-state index contributed by atoms with van der Waals surface area (Å²) in [6.45, 7) is 7.27. The number of benzene rings is 1. The van der Waals surface area contributed by atoms with Gasteiger partial charge < -0.3 is 29.3 Å². The summed E-state index contributed by atoms with van der Waals surface area (Å²) in [5.41, 5.74) is 0.819. The van der Waals surface area contributed by atoms with Crippen LogP contribution in [0.2, 0.25) is 0 Å². The van der Waals surface area contributed by atoms with E-state index in [0.717, 1.165) is 63.6 Å². The first kappa shape index (κ1) is 26.6. The third kappa shape index (κ3) is 7.51. The summed E-state index contributed by atoms with van der Waals surface area (Å²) in [7, 11) is 0. The number of rotatable bonds is 12. The monoisotopic (exact) mass is 501 g/mol. The van der Waals surface area contributed by atoms with Crippen LogP contribution in [-0.4, -0.2) is 73.8 Å². The van der Waals surface area contributed by atoms with E-state index in [1.54, 1.807) is 4.90 Å². The molecule has 8 heteroatoms.